The Morgan fingerprint density at radius 3 is 2.59 bits per heavy atom. The van der Waals surface area contributed by atoms with Gasteiger partial charge in [0, 0.05) is 20.2 Å². The van der Waals surface area contributed by atoms with E-state index in [-0.39, 0.29) is 0 Å². The fraction of sp³-hybridized carbons (Fsp3) is 0.571. The monoisotopic (exact) mass is 299 g/mol. The molecule has 2 nitrogen and oxygen atoms in total. The van der Waals surface area contributed by atoms with Gasteiger partial charge in [0.1, 0.15) is 0 Å². The summed E-state index contributed by atoms with van der Waals surface area (Å²) in [5.41, 5.74) is 4.09. The van der Waals surface area contributed by atoms with E-state index < -0.39 is 0 Å². The summed E-state index contributed by atoms with van der Waals surface area (Å²) < 4.78 is 5.12. The lowest BCUT2D eigenvalue weighted by Crippen LogP contribution is -2.28. The van der Waals surface area contributed by atoms with Gasteiger partial charge in [-0.25, -0.2) is 0 Å². The van der Waals surface area contributed by atoms with Gasteiger partial charge in [-0.05, 0) is 37.6 Å². The molecule has 0 bridgehead atoms. The third-order valence-corrected chi connectivity index (χ3v) is 3.43. The van der Waals surface area contributed by atoms with Crippen molar-refractivity contribution >= 4 is 15.9 Å². The maximum absolute atomic E-state index is 5.12. The smallest absolute Gasteiger partial charge is 0.0600 e. The summed E-state index contributed by atoms with van der Waals surface area (Å²) in [6.07, 6.45) is 0. The molecule has 0 saturated carbocycles. The Bertz CT molecular complexity index is 354. The Morgan fingerprint density at radius 2 is 2.00 bits per heavy atom. The molecule has 0 fully saturated rings. The van der Waals surface area contributed by atoms with Crippen molar-refractivity contribution in [3.8, 4) is 0 Å². The second-order valence-corrected chi connectivity index (χ2v) is 5.96. The number of nitrogens with zero attached hydrogens (tertiary/aromatic N) is 1. The standard InChI is InChI=1S/C14H22BrNO/c1-11-5-6-13(7-12(11)2)8-16(3)9-14(15)10-17-4/h5-7,14H,8-10H2,1-4H3. The van der Waals surface area contributed by atoms with Crippen molar-refractivity contribution in [3.63, 3.8) is 0 Å². The van der Waals surface area contributed by atoms with E-state index in [1.165, 1.54) is 16.7 Å². The number of hydrogen-bond donors (Lipinski definition) is 0. The van der Waals surface area contributed by atoms with Crippen molar-refractivity contribution in [2.45, 2.75) is 25.2 Å². The van der Waals surface area contributed by atoms with Gasteiger partial charge in [0.25, 0.3) is 0 Å². The average molecular weight is 300 g/mol. The van der Waals surface area contributed by atoms with E-state index in [4.69, 9.17) is 4.74 Å². The van der Waals surface area contributed by atoms with Gasteiger partial charge in [-0.1, -0.05) is 34.1 Å². The maximum Gasteiger partial charge on any atom is 0.0600 e. The summed E-state index contributed by atoms with van der Waals surface area (Å²) in [7, 11) is 3.87. The fourth-order valence-corrected chi connectivity index (χ4v) is 2.61. The van der Waals surface area contributed by atoms with Crippen molar-refractivity contribution in [2.75, 3.05) is 27.3 Å². The van der Waals surface area contributed by atoms with Crippen LogP contribution in [0.4, 0.5) is 0 Å². The number of alkyl halides is 1. The lowest BCUT2D eigenvalue weighted by molar-refractivity contribution is 0.185. The number of benzene rings is 1. The molecular formula is C14H22BrNO. The Hall–Kier alpha value is -0.380. The molecule has 17 heavy (non-hydrogen) atoms. The molecule has 0 aliphatic carbocycles. The van der Waals surface area contributed by atoms with Crippen molar-refractivity contribution in [1.29, 1.82) is 0 Å². The number of methoxy groups -OCH3 is 1. The summed E-state index contributed by atoms with van der Waals surface area (Å²) >= 11 is 3.61. The minimum atomic E-state index is 0.393. The quantitative estimate of drug-likeness (QED) is 0.748. The molecule has 0 heterocycles. The molecule has 1 aromatic rings. The van der Waals surface area contributed by atoms with Gasteiger partial charge in [0.05, 0.1) is 11.4 Å². The van der Waals surface area contributed by atoms with Gasteiger partial charge < -0.3 is 9.64 Å². The second kappa shape index (κ2) is 7.14. The lowest BCUT2D eigenvalue weighted by atomic mass is 10.1. The van der Waals surface area contributed by atoms with E-state index in [1.807, 2.05) is 0 Å². The van der Waals surface area contributed by atoms with E-state index in [0.717, 1.165) is 19.7 Å². The molecule has 0 N–H and O–H groups in total. The van der Waals surface area contributed by atoms with E-state index in [9.17, 15) is 0 Å². The van der Waals surface area contributed by atoms with Gasteiger partial charge >= 0.3 is 0 Å². The van der Waals surface area contributed by atoms with Crippen molar-refractivity contribution in [1.82, 2.24) is 4.90 Å². The van der Waals surface area contributed by atoms with E-state index >= 15 is 0 Å². The van der Waals surface area contributed by atoms with Crippen LogP contribution in [0.5, 0.6) is 0 Å². The molecule has 96 valence electrons. The number of rotatable bonds is 6. The molecule has 0 saturated heterocycles. The first-order chi connectivity index (χ1) is 8.02. The zero-order valence-corrected chi connectivity index (χ0v) is 12.8. The largest absolute Gasteiger partial charge is 0.383 e. The minimum absolute atomic E-state index is 0.393. The van der Waals surface area contributed by atoms with Crippen LogP contribution in [0.15, 0.2) is 18.2 Å². The summed E-state index contributed by atoms with van der Waals surface area (Å²) in [4.78, 5) is 2.70. The number of halogens is 1. The Morgan fingerprint density at radius 1 is 1.29 bits per heavy atom. The van der Waals surface area contributed by atoms with Crippen LogP contribution in [0, 0.1) is 13.8 Å². The fourth-order valence-electron chi connectivity index (χ4n) is 1.85. The molecule has 1 rings (SSSR count). The molecular weight excluding hydrogens is 278 g/mol. The lowest BCUT2D eigenvalue weighted by Gasteiger charge is -2.20. The van der Waals surface area contributed by atoms with Gasteiger partial charge in [0.15, 0.2) is 0 Å². The van der Waals surface area contributed by atoms with E-state index in [0.29, 0.717) is 4.83 Å². The van der Waals surface area contributed by atoms with E-state index in [2.05, 4.69) is 59.9 Å². The summed E-state index contributed by atoms with van der Waals surface area (Å²) in [5.74, 6) is 0. The molecule has 0 aromatic heterocycles. The molecule has 0 aliphatic heterocycles. The van der Waals surface area contributed by atoms with Crippen molar-refractivity contribution < 1.29 is 4.74 Å². The molecule has 1 atom stereocenters. The van der Waals surface area contributed by atoms with Gasteiger partial charge in [-0.3, -0.25) is 0 Å². The number of aryl methyl sites for hydroxylation is 2. The maximum atomic E-state index is 5.12. The van der Waals surface area contributed by atoms with Gasteiger partial charge in [-0.2, -0.15) is 0 Å². The first-order valence-corrected chi connectivity index (χ1v) is 6.82. The van der Waals surface area contributed by atoms with Crippen LogP contribution >= 0.6 is 15.9 Å². The first-order valence-electron chi connectivity index (χ1n) is 5.90. The molecule has 1 unspecified atom stereocenters. The van der Waals surface area contributed by atoms with Gasteiger partial charge in [-0.15, -0.1) is 0 Å². The SMILES string of the molecule is COCC(Br)CN(C)Cc1ccc(C)c(C)c1. The average Bonchev–Trinajstić information content (AvgIpc) is 2.23. The van der Waals surface area contributed by atoms with Crippen molar-refractivity contribution in [2.24, 2.45) is 0 Å². The zero-order chi connectivity index (χ0) is 12.8. The van der Waals surface area contributed by atoms with E-state index in [1.54, 1.807) is 7.11 Å². The normalized spacial score (nSPS) is 13.1. The van der Waals surface area contributed by atoms with Crippen LogP contribution in [0.25, 0.3) is 0 Å². The summed E-state index contributed by atoms with van der Waals surface area (Å²) in [6.45, 7) is 7.03. The highest BCUT2D eigenvalue weighted by Gasteiger charge is 2.08. The van der Waals surface area contributed by atoms with Crippen LogP contribution in [-0.4, -0.2) is 37.0 Å². The van der Waals surface area contributed by atoms with Crippen LogP contribution < -0.4 is 0 Å². The predicted octanol–water partition coefficient (Wildman–Crippen LogP) is 3.15. The summed E-state index contributed by atoms with van der Waals surface area (Å²) in [6, 6.07) is 6.67. The third kappa shape index (κ3) is 5.19. The predicted molar refractivity (Wildman–Crippen MR) is 76.8 cm³/mol. The Labute approximate surface area is 113 Å². The molecule has 0 radical (unpaired) electrons. The highest BCUT2D eigenvalue weighted by molar-refractivity contribution is 9.09. The third-order valence-electron chi connectivity index (χ3n) is 2.88. The number of ether oxygens (including phenoxy) is 1. The zero-order valence-electron chi connectivity index (χ0n) is 11.2. The molecule has 1 aromatic carbocycles. The highest BCUT2D eigenvalue weighted by atomic mass is 79.9. The minimum Gasteiger partial charge on any atom is -0.383 e. The van der Waals surface area contributed by atoms with Crippen LogP contribution in [-0.2, 0) is 11.3 Å². The number of hydrogen-bond acceptors (Lipinski definition) is 2. The second-order valence-electron chi connectivity index (χ2n) is 4.67. The summed E-state index contributed by atoms with van der Waals surface area (Å²) in [5, 5.41) is 0. The molecule has 3 heteroatoms. The van der Waals surface area contributed by atoms with Crippen LogP contribution in [0.3, 0.4) is 0 Å². The molecule has 0 amide bonds. The molecule has 0 spiro atoms. The highest BCUT2D eigenvalue weighted by Crippen LogP contribution is 2.12. The topological polar surface area (TPSA) is 12.5 Å². The first kappa shape index (κ1) is 14.7. The van der Waals surface area contributed by atoms with Crippen LogP contribution in [0.2, 0.25) is 0 Å². The Balaban J connectivity index is 2.50. The molecule has 0 aliphatic rings. The van der Waals surface area contributed by atoms with Crippen molar-refractivity contribution in [3.05, 3.63) is 34.9 Å². The Kier molecular flexibility index (Phi) is 6.17. The van der Waals surface area contributed by atoms with Crippen LogP contribution in [0.1, 0.15) is 16.7 Å². The van der Waals surface area contributed by atoms with Gasteiger partial charge in [0.2, 0.25) is 0 Å².